The van der Waals surface area contributed by atoms with Crippen LogP contribution < -0.4 is 0 Å². The third kappa shape index (κ3) is 4.44. The van der Waals surface area contributed by atoms with E-state index >= 15 is 0 Å². The van der Waals surface area contributed by atoms with Crippen LogP contribution in [0.15, 0.2) is 0 Å². The van der Waals surface area contributed by atoms with Gasteiger partial charge in [0.25, 0.3) is 0 Å². The van der Waals surface area contributed by atoms with Crippen molar-refractivity contribution in [2.45, 2.75) is 25.8 Å². The minimum absolute atomic E-state index is 0.0646. The monoisotopic (exact) mass is 269 g/mol. The lowest BCUT2D eigenvalue weighted by atomic mass is 10.1. The Morgan fingerprint density at radius 2 is 1.89 bits per heavy atom. The maximum Gasteiger partial charge on any atom is 0.320 e. The molecule has 2 aliphatic rings. The van der Waals surface area contributed by atoms with Gasteiger partial charge in [-0.1, -0.05) is 13.3 Å². The molecule has 2 aliphatic heterocycles. The number of hydrogen-bond acceptors (Lipinski definition) is 5. The second-order valence-electron chi connectivity index (χ2n) is 5.76. The van der Waals surface area contributed by atoms with Crippen LogP contribution in [0.3, 0.4) is 0 Å². The molecule has 2 saturated heterocycles. The van der Waals surface area contributed by atoms with Crippen LogP contribution in [0.2, 0.25) is 0 Å². The van der Waals surface area contributed by atoms with Gasteiger partial charge in [0.2, 0.25) is 0 Å². The molecule has 0 radical (unpaired) electrons. The summed E-state index contributed by atoms with van der Waals surface area (Å²) in [6, 6.07) is 0.650. The Bertz CT molecular complexity index is 284. The highest BCUT2D eigenvalue weighted by atomic mass is 16.5. The number of likely N-dealkylation sites (N-methyl/N-ethyl adjacent to an activating group) is 1. The van der Waals surface area contributed by atoms with Crippen molar-refractivity contribution in [1.82, 2.24) is 14.7 Å². The summed E-state index contributed by atoms with van der Waals surface area (Å²) in [6.45, 7) is 9.83. The van der Waals surface area contributed by atoms with Crippen LogP contribution in [0.5, 0.6) is 0 Å². The zero-order valence-electron chi connectivity index (χ0n) is 12.3. The topological polar surface area (TPSA) is 36.0 Å². The first-order valence-electron chi connectivity index (χ1n) is 7.49. The molecule has 2 fully saturated rings. The van der Waals surface area contributed by atoms with E-state index in [1.807, 2.05) is 0 Å². The maximum atomic E-state index is 11.6. The van der Waals surface area contributed by atoms with Gasteiger partial charge < -0.3 is 9.64 Å². The SMILES string of the molecule is CCCCOC(=O)CN1CC(N2CCN(C)CC2)C1. The van der Waals surface area contributed by atoms with Gasteiger partial charge in [-0.15, -0.1) is 0 Å². The highest BCUT2D eigenvalue weighted by molar-refractivity contribution is 5.71. The van der Waals surface area contributed by atoms with Crippen LogP contribution in [0.1, 0.15) is 19.8 Å². The molecule has 0 aromatic carbocycles. The van der Waals surface area contributed by atoms with Gasteiger partial charge in [0, 0.05) is 45.3 Å². The quantitative estimate of drug-likeness (QED) is 0.511. The molecule has 110 valence electrons. The number of rotatable bonds is 6. The van der Waals surface area contributed by atoms with Gasteiger partial charge in [-0.05, 0) is 13.5 Å². The van der Waals surface area contributed by atoms with Crippen molar-refractivity contribution >= 4 is 5.97 Å². The highest BCUT2D eigenvalue weighted by Crippen LogP contribution is 2.16. The lowest BCUT2D eigenvalue weighted by molar-refractivity contribution is -0.147. The van der Waals surface area contributed by atoms with Crippen molar-refractivity contribution in [1.29, 1.82) is 0 Å². The van der Waals surface area contributed by atoms with Crippen LogP contribution in [0.4, 0.5) is 0 Å². The van der Waals surface area contributed by atoms with E-state index < -0.39 is 0 Å². The van der Waals surface area contributed by atoms with Crippen LogP contribution in [0, 0.1) is 0 Å². The molecule has 0 atom stereocenters. The lowest BCUT2D eigenvalue weighted by Gasteiger charge is -2.47. The van der Waals surface area contributed by atoms with Crippen molar-refractivity contribution in [3.8, 4) is 0 Å². The summed E-state index contributed by atoms with van der Waals surface area (Å²) in [5.74, 6) is -0.0646. The van der Waals surface area contributed by atoms with Crippen LogP contribution in [-0.2, 0) is 9.53 Å². The first-order chi connectivity index (χ1) is 9.19. The van der Waals surface area contributed by atoms with E-state index in [9.17, 15) is 4.79 Å². The summed E-state index contributed by atoms with van der Waals surface area (Å²) < 4.78 is 5.18. The third-order valence-corrected chi connectivity index (χ3v) is 4.11. The Kier molecular flexibility index (Phi) is 5.60. The predicted octanol–water partition coefficient (Wildman–Crippen LogP) is 0.261. The maximum absolute atomic E-state index is 11.6. The van der Waals surface area contributed by atoms with E-state index in [1.165, 1.54) is 0 Å². The molecular weight excluding hydrogens is 242 g/mol. The third-order valence-electron chi connectivity index (χ3n) is 4.11. The van der Waals surface area contributed by atoms with E-state index in [-0.39, 0.29) is 5.97 Å². The van der Waals surface area contributed by atoms with E-state index in [0.29, 0.717) is 19.2 Å². The molecule has 0 unspecified atom stereocenters. The summed E-state index contributed by atoms with van der Waals surface area (Å²) in [5, 5.41) is 0. The Morgan fingerprint density at radius 3 is 2.53 bits per heavy atom. The molecular formula is C14H27N3O2. The molecule has 0 amide bonds. The van der Waals surface area contributed by atoms with Crippen molar-refractivity contribution in [2.24, 2.45) is 0 Å². The zero-order valence-corrected chi connectivity index (χ0v) is 12.3. The fourth-order valence-electron chi connectivity index (χ4n) is 2.65. The summed E-state index contributed by atoms with van der Waals surface area (Å²) in [7, 11) is 2.18. The second-order valence-corrected chi connectivity index (χ2v) is 5.76. The number of likely N-dealkylation sites (tertiary alicyclic amines) is 1. The largest absolute Gasteiger partial charge is 0.465 e. The fourth-order valence-corrected chi connectivity index (χ4v) is 2.65. The molecule has 5 nitrogen and oxygen atoms in total. The number of esters is 1. The molecule has 0 bridgehead atoms. The van der Waals surface area contributed by atoms with Crippen LogP contribution in [0.25, 0.3) is 0 Å². The Balaban J connectivity index is 1.57. The average Bonchev–Trinajstić information content (AvgIpc) is 2.35. The summed E-state index contributed by atoms with van der Waals surface area (Å²) in [4.78, 5) is 18.7. The molecule has 0 aromatic heterocycles. The van der Waals surface area contributed by atoms with Gasteiger partial charge in [0.05, 0.1) is 13.2 Å². The molecule has 0 saturated carbocycles. The van der Waals surface area contributed by atoms with Crippen molar-refractivity contribution in [2.75, 3.05) is 59.5 Å². The Labute approximate surface area is 116 Å². The molecule has 2 rings (SSSR count). The van der Waals surface area contributed by atoms with Crippen LogP contribution >= 0.6 is 0 Å². The molecule has 0 N–H and O–H groups in total. The highest BCUT2D eigenvalue weighted by Gasteiger charge is 2.33. The van der Waals surface area contributed by atoms with E-state index in [2.05, 4.69) is 28.7 Å². The summed E-state index contributed by atoms with van der Waals surface area (Å²) in [6.07, 6.45) is 2.04. The zero-order chi connectivity index (χ0) is 13.7. The van der Waals surface area contributed by atoms with Crippen molar-refractivity contribution < 1.29 is 9.53 Å². The second kappa shape index (κ2) is 7.22. The number of nitrogens with zero attached hydrogens (tertiary/aromatic N) is 3. The molecule has 0 aromatic rings. The van der Waals surface area contributed by atoms with E-state index in [4.69, 9.17) is 4.74 Å². The molecule has 5 heteroatoms. The van der Waals surface area contributed by atoms with Gasteiger partial charge >= 0.3 is 5.97 Å². The van der Waals surface area contributed by atoms with Gasteiger partial charge in [-0.2, -0.15) is 0 Å². The number of unbranched alkanes of at least 4 members (excludes halogenated alkanes) is 1. The Hall–Kier alpha value is -0.650. The van der Waals surface area contributed by atoms with Gasteiger partial charge in [0.15, 0.2) is 0 Å². The Morgan fingerprint density at radius 1 is 1.21 bits per heavy atom. The molecule has 2 heterocycles. The van der Waals surface area contributed by atoms with Gasteiger partial charge in [-0.25, -0.2) is 0 Å². The lowest BCUT2D eigenvalue weighted by Crippen LogP contribution is -2.63. The minimum Gasteiger partial charge on any atom is -0.465 e. The molecule has 0 spiro atoms. The number of carbonyl (C=O) groups is 1. The summed E-state index contributed by atoms with van der Waals surface area (Å²) in [5.41, 5.74) is 0. The standard InChI is InChI=1S/C14H27N3O2/c1-3-4-9-19-14(18)12-16-10-13(11-16)17-7-5-15(2)6-8-17/h13H,3-12H2,1-2H3. The number of ether oxygens (including phenoxy) is 1. The molecule has 19 heavy (non-hydrogen) atoms. The van der Waals surface area contributed by atoms with E-state index in [0.717, 1.165) is 52.1 Å². The van der Waals surface area contributed by atoms with Crippen molar-refractivity contribution in [3.05, 3.63) is 0 Å². The van der Waals surface area contributed by atoms with Crippen LogP contribution in [-0.4, -0.2) is 86.2 Å². The normalized spacial score (nSPS) is 23.3. The fraction of sp³-hybridized carbons (Fsp3) is 0.929. The van der Waals surface area contributed by atoms with E-state index in [1.54, 1.807) is 0 Å². The number of hydrogen-bond donors (Lipinski definition) is 0. The van der Waals surface area contributed by atoms with Gasteiger partial charge in [0.1, 0.15) is 0 Å². The van der Waals surface area contributed by atoms with Crippen molar-refractivity contribution in [3.63, 3.8) is 0 Å². The first-order valence-corrected chi connectivity index (χ1v) is 7.49. The smallest absolute Gasteiger partial charge is 0.320 e. The predicted molar refractivity (Wildman–Crippen MR) is 75.2 cm³/mol. The first kappa shape index (κ1) is 14.8. The average molecular weight is 269 g/mol. The number of carbonyl (C=O) groups excluding carboxylic acids is 1. The summed E-state index contributed by atoms with van der Waals surface area (Å²) >= 11 is 0. The number of piperazine rings is 1. The minimum atomic E-state index is -0.0646. The molecule has 0 aliphatic carbocycles. The van der Waals surface area contributed by atoms with Gasteiger partial charge in [-0.3, -0.25) is 14.6 Å².